The van der Waals surface area contributed by atoms with Crippen LogP contribution in [0.4, 0.5) is 18.9 Å². The fraction of sp³-hybridized carbons (Fsp3) is 0.462. The van der Waals surface area contributed by atoms with Gasteiger partial charge in [0.2, 0.25) is 5.91 Å². The summed E-state index contributed by atoms with van der Waals surface area (Å²) in [5.41, 5.74) is 0.326. The summed E-state index contributed by atoms with van der Waals surface area (Å²) in [6.45, 7) is 5.33. The number of aryl methyl sites for hydroxylation is 3. The molecule has 2 N–H and O–H groups in total. The maximum Gasteiger partial charge on any atom is 0.437 e. The molecule has 0 radical (unpaired) electrons. The Morgan fingerprint density at radius 1 is 1.35 bits per heavy atom. The van der Waals surface area contributed by atoms with Gasteiger partial charge >= 0.3 is 6.18 Å². The molecule has 0 unspecified atom stereocenters. The molecule has 0 fully saturated rings. The number of aromatic amines is 1. The minimum absolute atomic E-state index is 0.00365. The average Bonchev–Trinajstić information content (AvgIpc) is 2.92. The number of anilines is 1. The molecule has 0 saturated heterocycles. The van der Waals surface area contributed by atoms with Crippen molar-refractivity contribution in [3.63, 3.8) is 0 Å². The Hall–Kier alpha value is -1.84. The first-order valence-corrected chi connectivity index (χ1v) is 7.52. The number of amides is 1. The predicted octanol–water partition coefficient (Wildman–Crippen LogP) is 3.34. The van der Waals surface area contributed by atoms with E-state index in [2.05, 4.69) is 36.5 Å². The Bertz CT molecular complexity index is 735. The first-order chi connectivity index (χ1) is 10.6. The fourth-order valence-corrected chi connectivity index (χ4v) is 2.37. The molecule has 0 aliphatic carbocycles. The van der Waals surface area contributed by atoms with Gasteiger partial charge in [-0.1, -0.05) is 0 Å². The van der Waals surface area contributed by atoms with Gasteiger partial charge in [-0.2, -0.15) is 23.4 Å². The fourth-order valence-electron chi connectivity index (χ4n) is 2.09. The second-order valence-electron chi connectivity index (χ2n) is 5.08. The van der Waals surface area contributed by atoms with Crippen LogP contribution in [-0.2, 0) is 17.5 Å². The van der Waals surface area contributed by atoms with Gasteiger partial charge in [-0.15, -0.1) is 0 Å². The van der Waals surface area contributed by atoms with E-state index in [-0.39, 0.29) is 24.3 Å². The van der Waals surface area contributed by atoms with Gasteiger partial charge in [-0.05, 0) is 36.7 Å². The number of aromatic nitrogens is 4. The van der Waals surface area contributed by atoms with Crippen molar-refractivity contribution in [2.24, 2.45) is 0 Å². The van der Waals surface area contributed by atoms with Gasteiger partial charge in [0.1, 0.15) is 0 Å². The van der Waals surface area contributed by atoms with Crippen LogP contribution in [0.3, 0.4) is 0 Å². The van der Waals surface area contributed by atoms with Gasteiger partial charge in [0.15, 0.2) is 5.69 Å². The largest absolute Gasteiger partial charge is 0.437 e. The zero-order valence-corrected chi connectivity index (χ0v) is 14.3. The van der Waals surface area contributed by atoms with Crippen molar-refractivity contribution < 1.29 is 18.0 Å². The standard InChI is InChI=1S/C13H15BrF3N5O/c1-6-10(14)8(3)22(21-6)5-4-9(23)18-11-7(2)19-20-12(11)13(15,16)17/h4-5H2,1-3H3,(H,18,23)(H,19,20). The van der Waals surface area contributed by atoms with Crippen molar-refractivity contribution in [3.8, 4) is 0 Å². The van der Waals surface area contributed by atoms with Crippen LogP contribution in [0, 0.1) is 20.8 Å². The number of halogens is 4. The third kappa shape index (κ3) is 3.74. The number of H-pyrrole nitrogens is 1. The molecule has 6 nitrogen and oxygen atoms in total. The van der Waals surface area contributed by atoms with E-state index in [0.717, 1.165) is 15.9 Å². The summed E-state index contributed by atoms with van der Waals surface area (Å²) in [4.78, 5) is 11.9. The molecule has 1 amide bonds. The maximum atomic E-state index is 12.8. The molecular weight excluding hydrogens is 379 g/mol. The predicted molar refractivity (Wildman–Crippen MR) is 81.0 cm³/mol. The van der Waals surface area contributed by atoms with Gasteiger partial charge in [0, 0.05) is 12.1 Å². The average molecular weight is 394 g/mol. The molecule has 2 aromatic rings. The zero-order valence-electron chi connectivity index (χ0n) is 12.7. The number of hydrogen-bond acceptors (Lipinski definition) is 3. The van der Waals surface area contributed by atoms with E-state index < -0.39 is 17.8 Å². The van der Waals surface area contributed by atoms with Gasteiger partial charge < -0.3 is 5.32 Å². The highest BCUT2D eigenvalue weighted by Crippen LogP contribution is 2.34. The van der Waals surface area contributed by atoms with Gasteiger partial charge in [-0.25, -0.2) is 0 Å². The molecule has 0 aliphatic heterocycles. The molecule has 0 bridgehead atoms. The van der Waals surface area contributed by atoms with E-state index in [0.29, 0.717) is 0 Å². The van der Waals surface area contributed by atoms with Crippen LogP contribution in [0.1, 0.15) is 29.2 Å². The minimum atomic E-state index is -4.63. The van der Waals surface area contributed by atoms with Crippen molar-refractivity contribution in [2.75, 3.05) is 5.32 Å². The SMILES string of the molecule is Cc1nn(CCC(=O)Nc2c(C(F)(F)F)n[nH]c2C)c(C)c1Br. The number of carbonyl (C=O) groups excluding carboxylic acids is 1. The van der Waals surface area contributed by atoms with E-state index >= 15 is 0 Å². The maximum absolute atomic E-state index is 12.8. The van der Waals surface area contributed by atoms with Crippen molar-refractivity contribution in [3.05, 3.63) is 27.2 Å². The highest BCUT2D eigenvalue weighted by atomic mass is 79.9. The number of carbonyl (C=O) groups is 1. The summed E-state index contributed by atoms with van der Waals surface area (Å²) in [6.07, 6.45) is -4.63. The molecule has 126 valence electrons. The highest BCUT2D eigenvalue weighted by molar-refractivity contribution is 9.10. The third-order valence-electron chi connectivity index (χ3n) is 3.32. The zero-order chi connectivity index (χ0) is 17.4. The summed E-state index contributed by atoms with van der Waals surface area (Å²) in [6, 6.07) is 0. The normalized spacial score (nSPS) is 11.8. The van der Waals surface area contributed by atoms with E-state index in [4.69, 9.17) is 0 Å². The van der Waals surface area contributed by atoms with Gasteiger partial charge in [0.05, 0.1) is 28.1 Å². The van der Waals surface area contributed by atoms with E-state index in [1.165, 1.54) is 6.92 Å². The molecule has 23 heavy (non-hydrogen) atoms. The Morgan fingerprint density at radius 3 is 2.52 bits per heavy atom. The molecule has 0 aromatic carbocycles. The summed E-state index contributed by atoms with van der Waals surface area (Å²) >= 11 is 3.38. The Morgan fingerprint density at radius 2 is 2.00 bits per heavy atom. The van der Waals surface area contributed by atoms with Gasteiger partial charge in [-0.3, -0.25) is 14.6 Å². The minimum Gasteiger partial charge on any atom is -0.323 e. The van der Waals surface area contributed by atoms with Crippen LogP contribution in [-0.4, -0.2) is 25.9 Å². The van der Waals surface area contributed by atoms with Crippen molar-refractivity contribution >= 4 is 27.5 Å². The van der Waals surface area contributed by atoms with Crippen LogP contribution >= 0.6 is 15.9 Å². The molecule has 0 spiro atoms. The lowest BCUT2D eigenvalue weighted by molar-refractivity contribution is -0.140. The van der Waals surface area contributed by atoms with E-state index in [1.54, 1.807) is 4.68 Å². The van der Waals surface area contributed by atoms with Gasteiger partial charge in [0.25, 0.3) is 0 Å². The number of nitrogens with zero attached hydrogens (tertiary/aromatic N) is 3. The quantitative estimate of drug-likeness (QED) is 0.836. The summed E-state index contributed by atoms with van der Waals surface area (Å²) in [5, 5.41) is 11.9. The van der Waals surface area contributed by atoms with E-state index in [9.17, 15) is 18.0 Å². The van der Waals surface area contributed by atoms with Crippen molar-refractivity contribution in [1.82, 2.24) is 20.0 Å². The monoisotopic (exact) mass is 393 g/mol. The Balaban J connectivity index is 2.06. The highest BCUT2D eigenvalue weighted by Gasteiger charge is 2.38. The molecular formula is C13H15BrF3N5O. The summed E-state index contributed by atoms with van der Waals surface area (Å²) in [7, 11) is 0. The molecule has 10 heteroatoms. The van der Waals surface area contributed by atoms with E-state index in [1.807, 2.05) is 13.8 Å². The second kappa shape index (κ2) is 6.34. The molecule has 0 saturated carbocycles. The lowest BCUT2D eigenvalue weighted by Crippen LogP contribution is -2.18. The molecule has 0 aliphatic rings. The smallest absolute Gasteiger partial charge is 0.323 e. The number of hydrogen-bond donors (Lipinski definition) is 2. The van der Waals surface area contributed by atoms with Crippen LogP contribution in [0.5, 0.6) is 0 Å². The lowest BCUT2D eigenvalue weighted by Gasteiger charge is -2.09. The molecule has 2 aromatic heterocycles. The third-order valence-corrected chi connectivity index (χ3v) is 4.47. The molecule has 2 rings (SSSR count). The topological polar surface area (TPSA) is 75.6 Å². The number of rotatable bonds is 4. The van der Waals surface area contributed by atoms with Crippen molar-refractivity contribution in [2.45, 2.75) is 39.9 Å². The second-order valence-corrected chi connectivity index (χ2v) is 5.87. The number of nitrogens with one attached hydrogen (secondary N) is 2. The van der Waals surface area contributed by atoms with Crippen molar-refractivity contribution in [1.29, 1.82) is 0 Å². The van der Waals surface area contributed by atoms with Crippen LogP contribution < -0.4 is 5.32 Å². The first-order valence-electron chi connectivity index (χ1n) is 6.72. The molecule has 2 heterocycles. The Labute approximate surface area is 138 Å². The first kappa shape index (κ1) is 17.5. The molecule has 0 atom stereocenters. The number of alkyl halides is 3. The van der Waals surface area contributed by atoms with Crippen LogP contribution in [0.15, 0.2) is 4.47 Å². The summed E-state index contributed by atoms with van der Waals surface area (Å²) < 4.78 is 40.9. The lowest BCUT2D eigenvalue weighted by atomic mass is 10.2. The van der Waals surface area contributed by atoms with Crippen LogP contribution in [0.2, 0.25) is 0 Å². The Kier molecular flexibility index (Phi) is 4.83. The van der Waals surface area contributed by atoms with Crippen LogP contribution in [0.25, 0.3) is 0 Å². The summed E-state index contributed by atoms with van der Waals surface area (Å²) in [5.74, 6) is -0.538.